The van der Waals surface area contributed by atoms with E-state index in [1.165, 1.54) is 18.4 Å². The van der Waals surface area contributed by atoms with Gasteiger partial charge in [0.15, 0.2) is 0 Å². The van der Waals surface area contributed by atoms with E-state index in [1.54, 1.807) is 7.11 Å². The number of carboxylic acid groups (broad SMARTS) is 1. The summed E-state index contributed by atoms with van der Waals surface area (Å²) in [6, 6.07) is 5.81. The molecule has 1 heterocycles. The normalized spacial score (nSPS) is 28.6. The fourth-order valence-electron chi connectivity index (χ4n) is 4.17. The summed E-state index contributed by atoms with van der Waals surface area (Å²) < 4.78 is 5.28. The first-order valence-corrected chi connectivity index (χ1v) is 7.70. The Labute approximate surface area is 125 Å². The van der Waals surface area contributed by atoms with E-state index in [0.29, 0.717) is 11.8 Å². The van der Waals surface area contributed by atoms with Gasteiger partial charge in [0, 0.05) is 13.1 Å². The van der Waals surface area contributed by atoms with Crippen LogP contribution in [0.1, 0.15) is 30.4 Å². The molecule has 3 rings (SSSR count). The van der Waals surface area contributed by atoms with Crippen molar-refractivity contribution in [3.05, 3.63) is 29.3 Å². The van der Waals surface area contributed by atoms with Gasteiger partial charge in [0.05, 0.1) is 7.11 Å². The summed E-state index contributed by atoms with van der Waals surface area (Å²) in [5.74, 6) is 1.15. The summed E-state index contributed by atoms with van der Waals surface area (Å²) >= 11 is 0. The zero-order valence-electron chi connectivity index (χ0n) is 12.7. The molecule has 21 heavy (non-hydrogen) atoms. The van der Waals surface area contributed by atoms with E-state index in [9.17, 15) is 9.90 Å². The summed E-state index contributed by atoms with van der Waals surface area (Å²) in [5, 5.41) is 9.58. The van der Waals surface area contributed by atoms with Crippen LogP contribution in [-0.4, -0.2) is 35.7 Å². The van der Waals surface area contributed by atoms with Crippen LogP contribution in [0.3, 0.4) is 0 Å². The molecule has 114 valence electrons. The molecule has 1 saturated carbocycles. The van der Waals surface area contributed by atoms with Crippen LogP contribution < -0.4 is 4.74 Å². The molecule has 1 aromatic rings. The summed E-state index contributed by atoms with van der Waals surface area (Å²) in [4.78, 5) is 13.8. The van der Waals surface area contributed by atoms with Gasteiger partial charge in [-0.25, -0.2) is 0 Å². The van der Waals surface area contributed by atoms with Crippen molar-refractivity contribution in [2.75, 3.05) is 13.7 Å². The summed E-state index contributed by atoms with van der Waals surface area (Å²) in [6.45, 7) is 3.66. The number of carbonyl (C=O) groups is 1. The fourth-order valence-corrected chi connectivity index (χ4v) is 4.17. The average molecular weight is 289 g/mol. The molecule has 2 fully saturated rings. The SMILES string of the molecule is COc1ccc(CN2CC3CCCC3C2C(=O)O)cc1C. The lowest BCUT2D eigenvalue weighted by molar-refractivity contribution is -0.143. The maximum atomic E-state index is 11.7. The Morgan fingerprint density at radius 1 is 1.43 bits per heavy atom. The average Bonchev–Trinajstić information content (AvgIpc) is 2.98. The molecular weight excluding hydrogens is 266 g/mol. The number of rotatable bonds is 4. The van der Waals surface area contributed by atoms with E-state index in [-0.39, 0.29) is 6.04 Å². The minimum absolute atomic E-state index is 0.306. The number of benzene rings is 1. The van der Waals surface area contributed by atoms with Gasteiger partial charge in [-0.15, -0.1) is 0 Å². The lowest BCUT2D eigenvalue weighted by Crippen LogP contribution is -2.39. The standard InChI is InChI=1S/C17H23NO3/c1-11-8-12(6-7-15(11)21-2)9-18-10-13-4-3-5-14(13)16(18)17(19)20/h6-8,13-14,16H,3-5,9-10H2,1-2H3,(H,19,20). The number of nitrogens with zero attached hydrogens (tertiary/aromatic N) is 1. The highest BCUT2D eigenvalue weighted by atomic mass is 16.5. The summed E-state index contributed by atoms with van der Waals surface area (Å²) in [6.07, 6.45) is 3.45. The van der Waals surface area contributed by atoms with Gasteiger partial charge in [-0.1, -0.05) is 18.6 Å². The molecule has 1 aliphatic carbocycles. The van der Waals surface area contributed by atoms with E-state index in [2.05, 4.69) is 11.0 Å². The van der Waals surface area contributed by atoms with Crippen molar-refractivity contribution in [2.24, 2.45) is 11.8 Å². The first-order valence-electron chi connectivity index (χ1n) is 7.70. The van der Waals surface area contributed by atoms with E-state index >= 15 is 0 Å². The molecule has 3 unspecified atom stereocenters. The first-order chi connectivity index (χ1) is 10.1. The van der Waals surface area contributed by atoms with Crippen molar-refractivity contribution in [1.29, 1.82) is 0 Å². The minimum atomic E-state index is -0.658. The van der Waals surface area contributed by atoms with Crippen LogP contribution in [-0.2, 0) is 11.3 Å². The smallest absolute Gasteiger partial charge is 0.321 e. The number of hydrogen-bond acceptors (Lipinski definition) is 3. The van der Waals surface area contributed by atoms with Gasteiger partial charge in [-0.05, 0) is 48.8 Å². The van der Waals surface area contributed by atoms with Crippen molar-refractivity contribution in [2.45, 2.75) is 38.8 Å². The number of carboxylic acids is 1. The maximum absolute atomic E-state index is 11.7. The second-order valence-corrected chi connectivity index (χ2v) is 6.37. The van der Waals surface area contributed by atoms with Crippen molar-refractivity contribution in [3.63, 3.8) is 0 Å². The van der Waals surface area contributed by atoms with Crippen LogP contribution in [0.5, 0.6) is 5.75 Å². The van der Waals surface area contributed by atoms with Gasteiger partial charge >= 0.3 is 5.97 Å². The van der Waals surface area contributed by atoms with Crippen LogP contribution in [0.4, 0.5) is 0 Å². The minimum Gasteiger partial charge on any atom is -0.496 e. The third kappa shape index (κ3) is 2.64. The molecule has 2 aliphatic rings. The van der Waals surface area contributed by atoms with Gasteiger partial charge in [-0.3, -0.25) is 9.69 Å². The lowest BCUT2D eigenvalue weighted by atomic mass is 9.94. The third-order valence-electron chi connectivity index (χ3n) is 5.08. The summed E-state index contributed by atoms with van der Waals surface area (Å²) in [5.41, 5.74) is 2.26. The molecule has 0 spiro atoms. The molecule has 1 aromatic carbocycles. The molecule has 3 atom stereocenters. The Bertz CT molecular complexity index is 543. The van der Waals surface area contributed by atoms with E-state index in [4.69, 9.17) is 4.74 Å². The molecule has 1 aliphatic heterocycles. The Morgan fingerprint density at radius 3 is 2.90 bits per heavy atom. The lowest BCUT2D eigenvalue weighted by Gasteiger charge is -2.24. The second kappa shape index (κ2) is 5.68. The van der Waals surface area contributed by atoms with Gasteiger partial charge in [0.2, 0.25) is 0 Å². The van der Waals surface area contributed by atoms with Crippen LogP contribution in [0.25, 0.3) is 0 Å². The molecule has 4 heteroatoms. The molecular formula is C17H23NO3. The number of hydrogen-bond donors (Lipinski definition) is 1. The van der Waals surface area contributed by atoms with E-state index < -0.39 is 5.97 Å². The van der Waals surface area contributed by atoms with Gasteiger partial charge in [0.25, 0.3) is 0 Å². The fraction of sp³-hybridized carbons (Fsp3) is 0.588. The number of likely N-dealkylation sites (tertiary alicyclic amines) is 1. The van der Waals surface area contributed by atoms with Crippen molar-refractivity contribution >= 4 is 5.97 Å². The van der Waals surface area contributed by atoms with Crippen LogP contribution in [0.2, 0.25) is 0 Å². The van der Waals surface area contributed by atoms with E-state index in [0.717, 1.165) is 30.8 Å². The summed E-state index contributed by atoms with van der Waals surface area (Å²) in [7, 11) is 1.67. The highest BCUT2D eigenvalue weighted by molar-refractivity contribution is 5.74. The van der Waals surface area contributed by atoms with Crippen LogP contribution in [0, 0.1) is 18.8 Å². The molecule has 0 amide bonds. The largest absolute Gasteiger partial charge is 0.496 e. The molecule has 1 N–H and O–H groups in total. The van der Waals surface area contributed by atoms with Gasteiger partial charge < -0.3 is 9.84 Å². The maximum Gasteiger partial charge on any atom is 0.321 e. The van der Waals surface area contributed by atoms with Crippen molar-refractivity contribution in [1.82, 2.24) is 4.90 Å². The molecule has 0 bridgehead atoms. The number of aliphatic carboxylic acids is 1. The Balaban J connectivity index is 1.77. The highest BCUT2D eigenvalue weighted by Crippen LogP contribution is 2.42. The quantitative estimate of drug-likeness (QED) is 0.926. The van der Waals surface area contributed by atoms with Gasteiger partial charge in [0.1, 0.15) is 11.8 Å². The van der Waals surface area contributed by atoms with Crippen molar-refractivity contribution in [3.8, 4) is 5.75 Å². The third-order valence-corrected chi connectivity index (χ3v) is 5.08. The topological polar surface area (TPSA) is 49.8 Å². The number of aryl methyl sites for hydroxylation is 1. The van der Waals surface area contributed by atoms with Gasteiger partial charge in [-0.2, -0.15) is 0 Å². The Morgan fingerprint density at radius 2 is 2.24 bits per heavy atom. The zero-order chi connectivity index (χ0) is 15.0. The predicted molar refractivity (Wildman–Crippen MR) is 80.4 cm³/mol. The molecule has 1 saturated heterocycles. The van der Waals surface area contributed by atoms with Crippen molar-refractivity contribution < 1.29 is 14.6 Å². The highest BCUT2D eigenvalue weighted by Gasteiger charge is 2.47. The molecule has 4 nitrogen and oxygen atoms in total. The van der Waals surface area contributed by atoms with Crippen LogP contribution >= 0.6 is 0 Å². The first kappa shape index (κ1) is 14.4. The Kier molecular flexibility index (Phi) is 3.89. The molecule has 0 radical (unpaired) electrons. The zero-order valence-corrected chi connectivity index (χ0v) is 12.7. The van der Waals surface area contributed by atoms with Crippen LogP contribution in [0.15, 0.2) is 18.2 Å². The van der Waals surface area contributed by atoms with E-state index in [1.807, 2.05) is 19.1 Å². The molecule has 0 aromatic heterocycles. The monoisotopic (exact) mass is 289 g/mol. The predicted octanol–water partition coefficient (Wildman–Crippen LogP) is 2.69. The number of fused-ring (bicyclic) bond motifs is 1. The second-order valence-electron chi connectivity index (χ2n) is 6.37. The number of methoxy groups -OCH3 is 1. The number of ether oxygens (including phenoxy) is 1. The Hall–Kier alpha value is -1.55.